The summed E-state index contributed by atoms with van der Waals surface area (Å²) in [5.74, 6) is 0.848. The molecule has 1 aromatic carbocycles. The van der Waals surface area contributed by atoms with Crippen LogP contribution >= 0.6 is 12.2 Å². The molecule has 3 aromatic rings. The Morgan fingerprint density at radius 2 is 1.89 bits per heavy atom. The SMILES string of the molecule is CCN1C(=S)NC(c2ccccn2)C1c1ccc(C)n1-c1ccc(OC)cc1. The number of hydrogen-bond acceptors (Lipinski definition) is 3. The lowest BCUT2D eigenvalue weighted by Gasteiger charge is -2.28. The van der Waals surface area contributed by atoms with Crippen molar-refractivity contribution in [1.82, 2.24) is 19.8 Å². The summed E-state index contributed by atoms with van der Waals surface area (Å²) >= 11 is 5.65. The molecule has 3 heterocycles. The topological polar surface area (TPSA) is 42.3 Å². The normalized spacial score (nSPS) is 19.0. The minimum Gasteiger partial charge on any atom is -0.497 e. The highest BCUT2D eigenvalue weighted by atomic mass is 32.1. The molecule has 1 aliphatic heterocycles. The summed E-state index contributed by atoms with van der Waals surface area (Å²) < 4.78 is 7.61. The van der Waals surface area contributed by atoms with Crippen molar-refractivity contribution in [2.75, 3.05) is 13.7 Å². The van der Waals surface area contributed by atoms with E-state index in [-0.39, 0.29) is 12.1 Å². The molecular formula is C22H24N4OS. The number of aromatic nitrogens is 2. The third kappa shape index (κ3) is 3.14. The first-order chi connectivity index (χ1) is 13.6. The maximum Gasteiger partial charge on any atom is 0.170 e. The number of benzene rings is 1. The van der Waals surface area contributed by atoms with E-state index in [2.05, 4.69) is 63.9 Å². The fourth-order valence-corrected chi connectivity index (χ4v) is 4.31. The van der Waals surface area contributed by atoms with E-state index in [1.54, 1.807) is 7.11 Å². The Morgan fingerprint density at radius 3 is 2.54 bits per heavy atom. The van der Waals surface area contributed by atoms with Crippen LogP contribution in [0, 0.1) is 6.92 Å². The first kappa shape index (κ1) is 18.5. The summed E-state index contributed by atoms with van der Waals surface area (Å²) in [6, 6.07) is 18.6. The van der Waals surface area contributed by atoms with Gasteiger partial charge in [-0.2, -0.15) is 0 Å². The van der Waals surface area contributed by atoms with Crippen LogP contribution in [0.4, 0.5) is 0 Å². The third-order valence-electron chi connectivity index (χ3n) is 5.28. The zero-order chi connectivity index (χ0) is 19.7. The van der Waals surface area contributed by atoms with Gasteiger partial charge in [0.2, 0.25) is 0 Å². The molecule has 4 rings (SSSR count). The summed E-state index contributed by atoms with van der Waals surface area (Å²) in [6.45, 7) is 5.09. The van der Waals surface area contributed by atoms with Gasteiger partial charge in [0.25, 0.3) is 0 Å². The highest BCUT2D eigenvalue weighted by Gasteiger charge is 2.40. The van der Waals surface area contributed by atoms with Gasteiger partial charge in [-0.25, -0.2) is 0 Å². The number of nitrogens with one attached hydrogen (secondary N) is 1. The van der Waals surface area contributed by atoms with Crippen LogP contribution in [0.15, 0.2) is 60.8 Å². The van der Waals surface area contributed by atoms with Crippen molar-refractivity contribution < 1.29 is 4.74 Å². The molecule has 2 aromatic heterocycles. The fraction of sp³-hybridized carbons (Fsp3) is 0.273. The molecule has 0 bridgehead atoms. The molecule has 1 N–H and O–H groups in total. The Balaban J connectivity index is 1.82. The number of likely N-dealkylation sites (N-methyl/N-ethyl adjacent to an activating group) is 1. The van der Waals surface area contributed by atoms with Crippen LogP contribution in [0.3, 0.4) is 0 Å². The molecule has 1 fully saturated rings. The lowest BCUT2D eigenvalue weighted by atomic mass is 10.0. The van der Waals surface area contributed by atoms with E-state index < -0.39 is 0 Å². The molecule has 0 aliphatic carbocycles. The standard InChI is InChI=1S/C22H24N4OS/c1-4-25-21(20(24-22(25)28)18-7-5-6-14-23-18)19-13-8-15(2)26(19)16-9-11-17(27-3)12-10-16/h5-14,20-21H,4H2,1-3H3,(H,24,28). The molecule has 0 radical (unpaired) electrons. The molecule has 144 valence electrons. The minimum absolute atomic E-state index is 0.0000478. The van der Waals surface area contributed by atoms with E-state index in [1.165, 1.54) is 11.4 Å². The second-order valence-corrected chi connectivity index (χ2v) is 7.23. The molecule has 5 nitrogen and oxygen atoms in total. The van der Waals surface area contributed by atoms with Crippen LogP contribution in [0.2, 0.25) is 0 Å². The molecule has 2 atom stereocenters. The average Bonchev–Trinajstić information content (AvgIpc) is 3.27. The summed E-state index contributed by atoms with van der Waals surface area (Å²) in [6.07, 6.45) is 1.83. The number of rotatable bonds is 5. The maximum atomic E-state index is 5.65. The second kappa shape index (κ2) is 7.64. The molecule has 0 spiro atoms. The van der Waals surface area contributed by atoms with Crippen LogP contribution in [0.5, 0.6) is 5.75 Å². The molecule has 1 aliphatic rings. The zero-order valence-electron chi connectivity index (χ0n) is 16.3. The van der Waals surface area contributed by atoms with Crippen molar-refractivity contribution in [2.45, 2.75) is 25.9 Å². The first-order valence-corrected chi connectivity index (χ1v) is 9.85. The predicted octanol–water partition coefficient (Wildman–Crippen LogP) is 4.18. The van der Waals surface area contributed by atoms with Gasteiger partial charge in [0.1, 0.15) is 5.75 Å². The van der Waals surface area contributed by atoms with Gasteiger partial charge in [0.05, 0.1) is 24.9 Å². The maximum absolute atomic E-state index is 5.65. The molecule has 1 saturated heterocycles. The molecule has 0 saturated carbocycles. The Bertz CT molecular complexity index is 968. The van der Waals surface area contributed by atoms with E-state index in [0.29, 0.717) is 0 Å². The summed E-state index contributed by atoms with van der Waals surface area (Å²) in [4.78, 5) is 6.84. The third-order valence-corrected chi connectivity index (χ3v) is 5.63. The van der Waals surface area contributed by atoms with E-state index in [1.807, 2.05) is 30.5 Å². The first-order valence-electron chi connectivity index (χ1n) is 9.44. The van der Waals surface area contributed by atoms with E-state index in [4.69, 9.17) is 17.0 Å². The van der Waals surface area contributed by atoms with E-state index >= 15 is 0 Å². The molecule has 0 amide bonds. The van der Waals surface area contributed by atoms with Gasteiger partial charge < -0.3 is 19.5 Å². The van der Waals surface area contributed by atoms with Crippen LogP contribution in [0.1, 0.15) is 36.1 Å². The van der Waals surface area contributed by atoms with Crippen molar-refractivity contribution in [2.24, 2.45) is 0 Å². The van der Waals surface area contributed by atoms with Gasteiger partial charge in [0.15, 0.2) is 5.11 Å². The number of aryl methyl sites for hydroxylation is 1. The molecular weight excluding hydrogens is 368 g/mol. The number of methoxy groups -OCH3 is 1. The molecule has 2 unspecified atom stereocenters. The Hall–Kier alpha value is -2.86. The van der Waals surface area contributed by atoms with Crippen LogP contribution in [-0.4, -0.2) is 33.2 Å². The smallest absolute Gasteiger partial charge is 0.170 e. The van der Waals surface area contributed by atoms with Crippen molar-refractivity contribution in [3.63, 3.8) is 0 Å². The van der Waals surface area contributed by atoms with Gasteiger partial charge in [-0.3, -0.25) is 4.98 Å². The Labute approximate surface area is 171 Å². The van der Waals surface area contributed by atoms with Crippen LogP contribution in [-0.2, 0) is 0 Å². The van der Waals surface area contributed by atoms with Gasteiger partial charge in [-0.1, -0.05) is 6.07 Å². The number of thiocarbonyl (C=S) groups is 1. The van der Waals surface area contributed by atoms with Gasteiger partial charge >= 0.3 is 0 Å². The van der Waals surface area contributed by atoms with Crippen molar-refractivity contribution in [3.8, 4) is 11.4 Å². The molecule has 6 heteroatoms. The van der Waals surface area contributed by atoms with Crippen LogP contribution in [0.25, 0.3) is 5.69 Å². The lowest BCUT2D eigenvalue weighted by molar-refractivity contribution is 0.320. The Kier molecular flexibility index (Phi) is 5.05. The van der Waals surface area contributed by atoms with Gasteiger partial charge in [-0.15, -0.1) is 0 Å². The lowest BCUT2D eigenvalue weighted by Crippen LogP contribution is -2.30. The number of hydrogen-bond donors (Lipinski definition) is 1. The van der Waals surface area contributed by atoms with Crippen molar-refractivity contribution >= 4 is 17.3 Å². The zero-order valence-corrected chi connectivity index (χ0v) is 17.1. The van der Waals surface area contributed by atoms with Gasteiger partial charge in [-0.05, 0) is 74.6 Å². The fourth-order valence-electron chi connectivity index (χ4n) is 3.94. The Morgan fingerprint density at radius 1 is 1.11 bits per heavy atom. The highest BCUT2D eigenvalue weighted by molar-refractivity contribution is 7.80. The van der Waals surface area contributed by atoms with Crippen molar-refractivity contribution in [3.05, 3.63) is 77.9 Å². The van der Waals surface area contributed by atoms with E-state index in [0.717, 1.165) is 28.8 Å². The monoisotopic (exact) mass is 392 g/mol. The average molecular weight is 393 g/mol. The largest absolute Gasteiger partial charge is 0.497 e. The van der Waals surface area contributed by atoms with Gasteiger partial charge in [0, 0.05) is 29.8 Å². The second-order valence-electron chi connectivity index (χ2n) is 6.85. The molecule has 28 heavy (non-hydrogen) atoms. The quantitative estimate of drug-likeness (QED) is 0.660. The summed E-state index contributed by atoms with van der Waals surface area (Å²) in [5.41, 5.74) is 4.46. The minimum atomic E-state index is -0.0000478. The number of ether oxygens (including phenoxy) is 1. The summed E-state index contributed by atoms with van der Waals surface area (Å²) in [7, 11) is 1.68. The number of nitrogens with zero attached hydrogens (tertiary/aromatic N) is 3. The number of pyridine rings is 1. The highest BCUT2D eigenvalue weighted by Crippen LogP contribution is 2.40. The van der Waals surface area contributed by atoms with Crippen molar-refractivity contribution in [1.29, 1.82) is 0 Å². The van der Waals surface area contributed by atoms with E-state index in [9.17, 15) is 0 Å². The summed E-state index contributed by atoms with van der Waals surface area (Å²) in [5, 5.41) is 4.25. The van der Waals surface area contributed by atoms with Crippen LogP contribution < -0.4 is 10.1 Å². The predicted molar refractivity (Wildman–Crippen MR) is 115 cm³/mol.